The Kier molecular flexibility index (Phi) is 6.53. The molecule has 2 aliphatic carbocycles. The molecule has 3 aliphatic rings. The summed E-state index contributed by atoms with van der Waals surface area (Å²) in [5.74, 6) is 0.0556. The topological polar surface area (TPSA) is 69.0 Å². The summed E-state index contributed by atoms with van der Waals surface area (Å²) in [6, 6.07) is 3.68. The summed E-state index contributed by atoms with van der Waals surface area (Å²) in [4.78, 5) is 23.0. The van der Waals surface area contributed by atoms with Gasteiger partial charge in [0.1, 0.15) is 11.3 Å². The van der Waals surface area contributed by atoms with Crippen molar-refractivity contribution in [2.24, 2.45) is 5.92 Å². The highest BCUT2D eigenvalue weighted by Gasteiger charge is 2.25. The molecule has 1 aliphatic heterocycles. The molecule has 5 rings (SSSR count). The van der Waals surface area contributed by atoms with E-state index in [0.29, 0.717) is 40.7 Å². The minimum Gasteiger partial charge on any atom is -0.381 e. The first-order valence-electron chi connectivity index (χ1n) is 12.1. The average molecular weight is 457 g/mol. The van der Waals surface area contributed by atoms with Crippen molar-refractivity contribution < 1.29 is 13.5 Å². The van der Waals surface area contributed by atoms with Gasteiger partial charge in [-0.05, 0) is 55.4 Å². The number of rotatable bonds is 5. The van der Waals surface area contributed by atoms with Crippen LogP contribution in [0.5, 0.6) is 0 Å². The van der Waals surface area contributed by atoms with E-state index in [2.05, 4.69) is 10.3 Å². The summed E-state index contributed by atoms with van der Waals surface area (Å²) in [6.45, 7) is 2.20. The van der Waals surface area contributed by atoms with E-state index in [-0.39, 0.29) is 18.0 Å². The van der Waals surface area contributed by atoms with Crippen molar-refractivity contribution in [2.75, 3.05) is 25.1 Å². The zero-order chi connectivity index (χ0) is 22.8. The van der Waals surface area contributed by atoms with Gasteiger partial charge in [-0.3, -0.25) is 9.36 Å². The van der Waals surface area contributed by atoms with Gasteiger partial charge in [0, 0.05) is 32.2 Å². The van der Waals surface area contributed by atoms with Gasteiger partial charge in [0.25, 0.3) is 5.56 Å². The number of aromatic nitrogens is 3. The Morgan fingerprint density at radius 3 is 2.61 bits per heavy atom. The number of hydrogen-bond donors (Lipinski definition) is 1. The molecule has 2 aromatic heterocycles. The van der Waals surface area contributed by atoms with Crippen molar-refractivity contribution in [3.8, 4) is 0 Å². The van der Waals surface area contributed by atoms with Gasteiger partial charge in [0.05, 0.1) is 5.69 Å². The minimum atomic E-state index is -1.65. The van der Waals surface area contributed by atoms with E-state index in [4.69, 9.17) is 9.72 Å². The third kappa shape index (κ3) is 4.71. The van der Waals surface area contributed by atoms with Gasteiger partial charge in [-0.2, -0.15) is 0 Å². The first-order chi connectivity index (χ1) is 16.1. The lowest BCUT2D eigenvalue weighted by Gasteiger charge is -2.26. The summed E-state index contributed by atoms with van der Waals surface area (Å²) in [7, 11) is 0. The maximum atomic E-state index is 14.0. The second-order valence-electron chi connectivity index (χ2n) is 9.32. The Balaban J connectivity index is 1.54. The molecule has 3 heterocycles. The molecule has 6 nitrogen and oxygen atoms in total. The Bertz CT molecular complexity index is 1130. The molecule has 1 atom stereocenters. The predicted molar refractivity (Wildman–Crippen MR) is 125 cm³/mol. The molecular weight excluding hydrogens is 426 g/mol. The number of pyridine rings is 1. The van der Waals surface area contributed by atoms with Crippen molar-refractivity contribution in [1.82, 2.24) is 14.5 Å². The second kappa shape index (κ2) is 9.71. The molecule has 1 saturated carbocycles. The highest BCUT2D eigenvalue weighted by atomic mass is 19.2. The standard InChI is InChI=1S/C25H30F2N4O2/c26-19-7-6-17(14-20(19)27)21-8-9-22-24(30-21)31(18-4-2-1-3-5-18)25(32)23(29-22)28-15-16-10-12-33-13-11-16/h6-9,16,18,20H,1-5,10-15H2,(H,28,29). The summed E-state index contributed by atoms with van der Waals surface area (Å²) in [6.07, 6.45) is 8.12. The van der Waals surface area contributed by atoms with Gasteiger partial charge < -0.3 is 10.1 Å². The minimum absolute atomic E-state index is 0.0628. The summed E-state index contributed by atoms with van der Waals surface area (Å²) >= 11 is 0. The van der Waals surface area contributed by atoms with Gasteiger partial charge in [-0.25, -0.2) is 18.7 Å². The number of anilines is 1. The molecule has 2 aromatic rings. The van der Waals surface area contributed by atoms with Crippen LogP contribution in [-0.4, -0.2) is 40.5 Å². The second-order valence-corrected chi connectivity index (χ2v) is 9.32. The zero-order valence-electron chi connectivity index (χ0n) is 18.7. The molecule has 8 heteroatoms. The number of hydrogen-bond acceptors (Lipinski definition) is 5. The Hall–Kier alpha value is -2.61. The van der Waals surface area contributed by atoms with Gasteiger partial charge in [-0.1, -0.05) is 25.3 Å². The van der Waals surface area contributed by atoms with E-state index < -0.39 is 12.0 Å². The lowest BCUT2D eigenvalue weighted by molar-refractivity contribution is 0.0699. The first kappa shape index (κ1) is 22.2. The van der Waals surface area contributed by atoms with Crippen molar-refractivity contribution in [2.45, 2.75) is 63.6 Å². The highest BCUT2D eigenvalue weighted by molar-refractivity contribution is 5.77. The lowest BCUT2D eigenvalue weighted by atomic mass is 9.95. The van der Waals surface area contributed by atoms with E-state index >= 15 is 0 Å². The number of halogens is 2. The van der Waals surface area contributed by atoms with Crippen LogP contribution in [0.4, 0.5) is 14.6 Å². The molecular formula is C25H30F2N4O2. The molecule has 2 fully saturated rings. The molecule has 1 saturated heterocycles. The van der Waals surface area contributed by atoms with Crippen molar-refractivity contribution in [1.29, 1.82) is 0 Å². The normalized spacial score (nSPS) is 22.8. The monoisotopic (exact) mass is 456 g/mol. The maximum absolute atomic E-state index is 14.0. The molecule has 1 unspecified atom stereocenters. The molecule has 1 N–H and O–H groups in total. The molecule has 0 aromatic carbocycles. The number of nitrogens with zero attached hydrogens (tertiary/aromatic N) is 3. The summed E-state index contributed by atoms with van der Waals surface area (Å²) < 4.78 is 34.7. The van der Waals surface area contributed by atoms with Crippen molar-refractivity contribution in [3.05, 3.63) is 46.2 Å². The quantitative estimate of drug-likeness (QED) is 0.677. The number of fused-ring (bicyclic) bond motifs is 1. The first-order valence-corrected chi connectivity index (χ1v) is 12.1. The summed E-state index contributed by atoms with van der Waals surface area (Å²) in [5, 5.41) is 3.30. The Morgan fingerprint density at radius 2 is 1.85 bits per heavy atom. The number of ether oxygens (including phenoxy) is 1. The maximum Gasteiger partial charge on any atom is 0.295 e. The Morgan fingerprint density at radius 1 is 1.06 bits per heavy atom. The van der Waals surface area contributed by atoms with Crippen molar-refractivity contribution in [3.63, 3.8) is 0 Å². The fraction of sp³-hybridized carbons (Fsp3) is 0.560. The van der Waals surface area contributed by atoms with E-state index in [1.165, 1.54) is 6.42 Å². The van der Waals surface area contributed by atoms with Crippen LogP contribution in [0.25, 0.3) is 16.7 Å². The van der Waals surface area contributed by atoms with E-state index in [1.54, 1.807) is 16.7 Å². The zero-order valence-corrected chi connectivity index (χ0v) is 18.7. The van der Waals surface area contributed by atoms with Crippen LogP contribution >= 0.6 is 0 Å². The molecule has 0 spiro atoms. The number of alkyl halides is 1. The highest BCUT2D eigenvalue weighted by Crippen LogP contribution is 2.32. The molecule has 176 valence electrons. The number of nitrogens with one attached hydrogen (secondary N) is 1. The van der Waals surface area contributed by atoms with Crippen LogP contribution in [0.1, 0.15) is 63.1 Å². The van der Waals surface area contributed by atoms with Crippen LogP contribution in [0, 0.1) is 5.92 Å². The molecule has 0 bridgehead atoms. The smallest absolute Gasteiger partial charge is 0.295 e. The fourth-order valence-corrected chi connectivity index (χ4v) is 5.08. The van der Waals surface area contributed by atoms with E-state index in [9.17, 15) is 13.6 Å². The largest absolute Gasteiger partial charge is 0.381 e. The van der Waals surface area contributed by atoms with Crippen LogP contribution < -0.4 is 10.9 Å². The SMILES string of the molecule is O=c1c(NCC2CCOCC2)nc2ccc(C3=CC=C(F)C(F)C3)nc2n1C1CCCCC1. The van der Waals surface area contributed by atoms with Crippen molar-refractivity contribution >= 4 is 22.6 Å². The average Bonchev–Trinajstić information content (AvgIpc) is 2.85. The van der Waals surface area contributed by atoms with Crippen LogP contribution in [0.15, 0.2) is 34.9 Å². The summed E-state index contributed by atoms with van der Waals surface area (Å²) in [5.41, 5.74) is 2.18. The third-order valence-electron chi connectivity index (χ3n) is 7.05. The van der Waals surface area contributed by atoms with Gasteiger partial charge in [-0.15, -0.1) is 0 Å². The van der Waals surface area contributed by atoms with Crippen LogP contribution in [0.3, 0.4) is 0 Å². The van der Waals surface area contributed by atoms with E-state index in [0.717, 1.165) is 57.8 Å². The molecule has 0 radical (unpaired) electrons. The molecule has 33 heavy (non-hydrogen) atoms. The lowest BCUT2D eigenvalue weighted by Crippen LogP contribution is -2.32. The van der Waals surface area contributed by atoms with Gasteiger partial charge in [0.15, 0.2) is 17.6 Å². The van der Waals surface area contributed by atoms with Gasteiger partial charge >= 0.3 is 0 Å². The predicted octanol–water partition coefficient (Wildman–Crippen LogP) is 5.11. The fourth-order valence-electron chi connectivity index (χ4n) is 5.08. The van der Waals surface area contributed by atoms with Gasteiger partial charge in [0.2, 0.25) is 0 Å². The van der Waals surface area contributed by atoms with Crippen LogP contribution in [-0.2, 0) is 4.74 Å². The van der Waals surface area contributed by atoms with Crippen LogP contribution in [0.2, 0.25) is 0 Å². The van der Waals surface area contributed by atoms with E-state index in [1.807, 2.05) is 6.07 Å². The Labute approximate surface area is 191 Å². The third-order valence-corrected chi connectivity index (χ3v) is 7.05. The molecule has 0 amide bonds. The number of allylic oxidation sites excluding steroid dienone is 4.